The van der Waals surface area contributed by atoms with E-state index in [1.807, 2.05) is 34.1 Å². The molecule has 166 valence electrons. The highest BCUT2D eigenvalue weighted by molar-refractivity contribution is 5.76. The van der Waals surface area contributed by atoms with Crippen LogP contribution in [-0.2, 0) is 16.0 Å². The predicted molar refractivity (Wildman–Crippen MR) is 111 cm³/mol. The lowest BCUT2D eigenvalue weighted by atomic mass is 10.0. The number of carbonyl (C=O) groups excluding carboxylic acids is 2. The number of hydrogen-bond acceptors (Lipinski definition) is 7. The molecule has 2 aliphatic heterocycles. The first-order chi connectivity index (χ1) is 15.1. The molecule has 2 amide bonds. The molecule has 3 heterocycles. The van der Waals surface area contributed by atoms with Crippen molar-refractivity contribution in [2.75, 3.05) is 26.8 Å². The molecule has 4 rings (SSSR count). The number of benzene rings is 1. The summed E-state index contributed by atoms with van der Waals surface area (Å²) in [6.45, 7) is 3.82. The van der Waals surface area contributed by atoms with Crippen molar-refractivity contribution in [1.29, 1.82) is 0 Å². The first-order valence-electron chi connectivity index (χ1n) is 10.8. The van der Waals surface area contributed by atoms with Gasteiger partial charge < -0.3 is 18.9 Å². The summed E-state index contributed by atoms with van der Waals surface area (Å²) in [7, 11) is 1.61. The molecule has 9 nitrogen and oxygen atoms in total. The van der Waals surface area contributed by atoms with Crippen molar-refractivity contribution >= 4 is 12.0 Å². The largest absolute Gasteiger partial charge is 0.497 e. The number of methoxy groups -OCH3 is 1. The lowest BCUT2D eigenvalue weighted by molar-refractivity contribution is -0.132. The summed E-state index contributed by atoms with van der Waals surface area (Å²) >= 11 is 0. The van der Waals surface area contributed by atoms with Crippen LogP contribution in [0.2, 0.25) is 0 Å². The summed E-state index contributed by atoms with van der Waals surface area (Å²) in [6, 6.07) is 7.69. The summed E-state index contributed by atoms with van der Waals surface area (Å²) in [5, 5.41) is 4.01. The summed E-state index contributed by atoms with van der Waals surface area (Å²) < 4.78 is 15.7. The van der Waals surface area contributed by atoms with Gasteiger partial charge >= 0.3 is 6.09 Å². The Labute approximate surface area is 181 Å². The monoisotopic (exact) mass is 428 g/mol. The lowest BCUT2D eigenvalue weighted by Gasteiger charge is -2.37. The van der Waals surface area contributed by atoms with Crippen molar-refractivity contribution in [3.63, 3.8) is 0 Å². The number of hydrogen-bond donors (Lipinski definition) is 0. The fourth-order valence-corrected chi connectivity index (χ4v) is 4.21. The van der Waals surface area contributed by atoms with Gasteiger partial charge in [0.25, 0.3) is 0 Å². The van der Waals surface area contributed by atoms with Gasteiger partial charge in [-0.1, -0.05) is 12.1 Å². The van der Waals surface area contributed by atoms with Crippen molar-refractivity contribution in [2.24, 2.45) is 0 Å². The fourth-order valence-electron chi connectivity index (χ4n) is 4.21. The molecule has 31 heavy (non-hydrogen) atoms. The first-order valence-corrected chi connectivity index (χ1v) is 10.8. The third-order valence-corrected chi connectivity index (χ3v) is 6.05. The Bertz CT molecular complexity index is 905. The molecule has 0 saturated carbocycles. The summed E-state index contributed by atoms with van der Waals surface area (Å²) in [6.07, 6.45) is 2.93. The number of aromatic nitrogens is 2. The van der Waals surface area contributed by atoms with Gasteiger partial charge in [-0.3, -0.25) is 9.69 Å². The maximum Gasteiger partial charge on any atom is 0.410 e. The van der Waals surface area contributed by atoms with Gasteiger partial charge in [-0.05, 0) is 43.5 Å². The van der Waals surface area contributed by atoms with Crippen LogP contribution in [0.3, 0.4) is 0 Å². The van der Waals surface area contributed by atoms with Crippen molar-refractivity contribution in [3.8, 4) is 17.1 Å². The van der Waals surface area contributed by atoms with Crippen molar-refractivity contribution in [2.45, 2.75) is 51.1 Å². The molecule has 9 heteroatoms. The average Bonchev–Trinajstić information content (AvgIpc) is 3.44. The maximum absolute atomic E-state index is 12.6. The van der Waals surface area contributed by atoms with Gasteiger partial charge in [-0.15, -0.1) is 0 Å². The molecule has 1 aromatic heterocycles. The first kappa shape index (κ1) is 21.1. The number of carbonyl (C=O) groups is 2. The summed E-state index contributed by atoms with van der Waals surface area (Å²) in [4.78, 5) is 32.8. The number of amides is 2. The molecular formula is C22H28N4O5. The number of piperidine rings is 1. The van der Waals surface area contributed by atoms with E-state index in [1.165, 1.54) is 0 Å². The van der Waals surface area contributed by atoms with E-state index in [2.05, 4.69) is 17.1 Å². The third-order valence-electron chi connectivity index (χ3n) is 6.05. The maximum atomic E-state index is 12.6. The Hall–Kier alpha value is -3.10. The molecule has 2 saturated heterocycles. The Kier molecular flexibility index (Phi) is 6.39. The summed E-state index contributed by atoms with van der Waals surface area (Å²) in [5.74, 6) is 1.76. The highest BCUT2D eigenvalue weighted by Crippen LogP contribution is 2.26. The van der Waals surface area contributed by atoms with Gasteiger partial charge in [0.15, 0.2) is 0 Å². The highest BCUT2D eigenvalue weighted by atomic mass is 16.6. The van der Waals surface area contributed by atoms with Crippen LogP contribution in [-0.4, -0.2) is 70.8 Å². The van der Waals surface area contributed by atoms with Crippen LogP contribution >= 0.6 is 0 Å². The topological polar surface area (TPSA) is 98.0 Å². The number of nitrogens with zero attached hydrogens (tertiary/aromatic N) is 4. The molecule has 2 fully saturated rings. The number of aryl methyl sites for hydroxylation is 1. The lowest BCUT2D eigenvalue weighted by Crippen LogP contribution is -2.49. The van der Waals surface area contributed by atoms with Crippen LogP contribution in [0.5, 0.6) is 5.75 Å². The Balaban J connectivity index is 1.26. The van der Waals surface area contributed by atoms with Gasteiger partial charge in [-0.2, -0.15) is 4.98 Å². The van der Waals surface area contributed by atoms with Crippen LogP contribution in [0.15, 0.2) is 28.8 Å². The van der Waals surface area contributed by atoms with Crippen molar-refractivity contribution in [3.05, 3.63) is 30.2 Å². The van der Waals surface area contributed by atoms with Crippen LogP contribution in [0.4, 0.5) is 4.79 Å². The average molecular weight is 428 g/mol. The number of ether oxygens (including phenoxy) is 2. The molecule has 1 aromatic carbocycles. The molecular weight excluding hydrogens is 400 g/mol. The minimum atomic E-state index is -0.222. The van der Waals surface area contributed by atoms with Gasteiger partial charge in [0.2, 0.25) is 17.6 Å². The zero-order chi connectivity index (χ0) is 21.8. The van der Waals surface area contributed by atoms with Crippen LogP contribution in [0.25, 0.3) is 11.4 Å². The molecule has 0 N–H and O–H groups in total. The summed E-state index contributed by atoms with van der Waals surface area (Å²) in [5.41, 5.74) is 0.829. The molecule has 0 bridgehead atoms. The number of likely N-dealkylation sites (tertiary alicyclic amines) is 1. The molecule has 1 unspecified atom stereocenters. The minimum absolute atomic E-state index is 0.0682. The van der Waals surface area contributed by atoms with E-state index in [4.69, 9.17) is 14.0 Å². The second-order valence-electron chi connectivity index (χ2n) is 7.90. The fraction of sp³-hybridized carbons (Fsp3) is 0.545. The van der Waals surface area contributed by atoms with E-state index in [-0.39, 0.29) is 24.1 Å². The van der Waals surface area contributed by atoms with E-state index >= 15 is 0 Å². The molecule has 0 aliphatic carbocycles. The van der Waals surface area contributed by atoms with E-state index < -0.39 is 0 Å². The van der Waals surface area contributed by atoms with E-state index in [9.17, 15) is 9.59 Å². The van der Waals surface area contributed by atoms with E-state index in [0.29, 0.717) is 44.3 Å². The quantitative estimate of drug-likeness (QED) is 0.669. The second-order valence-corrected chi connectivity index (χ2v) is 7.90. The second kappa shape index (κ2) is 9.36. The number of rotatable bonds is 7. The zero-order valence-corrected chi connectivity index (χ0v) is 18.0. The zero-order valence-electron chi connectivity index (χ0n) is 18.0. The molecule has 0 spiro atoms. The normalized spacial score (nSPS) is 19.5. The van der Waals surface area contributed by atoms with Crippen LogP contribution in [0.1, 0.15) is 38.5 Å². The molecule has 2 aliphatic rings. The Morgan fingerprint density at radius 2 is 1.97 bits per heavy atom. The van der Waals surface area contributed by atoms with E-state index in [1.54, 1.807) is 7.11 Å². The van der Waals surface area contributed by atoms with Crippen LogP contribution < -0.4 is 4.74 Å². The smallest absolute Gasteiger partial charge is 0.410 e. The van der Waals surface area contributed by atoms with Gasteiger partial charge in [0, 0.05) is 37.5 Å². The van der Waals surface area contributed by atoms with E-state index in [0.717, 1.165) is 30.6 Å². The third kappa shape index (κ3) is 4.65. The Morgan fingerprint density at radius 3 is 2.65 bits per heavy atom. The van der Waals surface area contributed by atoms with Gasteiger partial charge in [0.05, 0.1) is 13.2 Å². The van der Waals surface area contributed by atoms with Gasteiger partial charge in [0.1, 0.15) is 12.4 Å². The molecule has 1 atom stereocenters. The van der Waals surface area contributed by atoms with Crippen molar-refractivity contribution in [1.82, 2.24) is 19.9 Å². The number of cyclic esters (lactones) is 1. The van der Waals surface area contributed by atoms with Crippen LogP contribution in [0, 0.1) is 0 Å². The molecule has 2 aromatic rings. The Morgan fingerprint density at radius 1 is 1.23 bits per heavy atom. The van der Waals surface area contributed by atoms with Crippen molar-refractivity contribution < 1.29 is 23.6 Å². The SMILES string of the molecule is CCC1COC(=O)N1C1CCN(C(=O)CCc2nc(-c3ccc(OC)cc3)no2)CC1. The van der Waals surface area contributed by atoms with Gasteiger partial charge in [-0.25, -0.2) is 4.79 Å². The highest BCUT2D eigenvalue weighted by Gasteiger charge is 2.38. The minimum Gasteiger partial charge on any atom is -0.497 e. The predicted octanol–water partition coefficient (Wildman–Crippen LogP) is 2.90. The standard InChI is InChI=1S/C22H28N4O5/c1-3-16-14-30-22(28)26(16)17-10-12-25(13-11-17)20(27)9-8-19-23-21(24-31-19)15-4-6-18(29-2)7-5-15/h4-7,16-17H,3,8-14H2,1-2H3. The molecule has 0 radical (unpaired) electrons.